The first-order valence-corrected chi connectivity index (χ1v) is 10.1. The van der Waals surface area contributed by atoms with Gasteiger partial charge in [-0.3, -0.25) is 9.59 Å². The Balaban J connectivity index is 1.85. The number of hydrogen-bond donors (Lipinski definition) is 0. The van der Waals surface area contributed by atoms with E-state index in [1.165, 1.54) is 16.2 Å². The number of thiophene rings is 1. The summed E-state index contributed by atoms with van der Waals surface area (Å²) < 4.78 is 0. The fraction of sp³-hybridized carbons (Fsp3) is 0.143. The Kier molecular flexibility index (Phi) is 6.39. The standard InChI is InChI=1S/C21H18Cl2N2O2S/c1-24(13-14-9-10-15(22)12-17(14)23)20(26)16-6-3-4-7-18(16)25(2)21(27)19-8-5-11-28-19/h3-12H,13H2,1-2H3. The van der Waals surface area contributed by atoms with E-state index in [-0.39, 0.29) is 11.8 Å². The van der Waals surface area contributed by atoms with Crippen molar-refractivity contribution < 1.29 is 9.59 Å². The van der Waals surface area contributed by atoms with E-state index in [0.717, 1.165) is 5.56 Å². The van der Waals surface area contributed by atoms with E-state index >= 15 is 0 Å². The van der Waals surface area contributed by atoms with Gasteiger partial charge in [-0.2, -0.15) is 0 Å². The summed E-state index contributed by atoms with van der Waals surface area (Å²) in [6, 6.07) is 15.9. The Bertz CT molecular complexity index is 1010. The van der Waals surface area contributed by atoms with Crippen LogP contribution >= 0.6 is 34.5 Å². The number of nitrogens with zero attached hydrogens (tertiary/aromatic N) is 2. The van der Waals surface area contributed by atoms with Crippen molar-refractivity contribution in [3.8, 4) is 0 Å². The Hall–Kier alpha value is -2.34. The molecule has 0 fully saturated rings. The summed E-state index contributed by atoms with van der Waals surface area (Å²) in [6.45, 7) is 0.325. The van der Waals surface area contributed by atoms with Gasteiger partial charge in [0.15, 0.2) is 0 Å². The van der Waals surface area contributed by atoms with Gasteiger partial charge in [0.25, 0.3) is 11.8 Å². The molecule has 2 amide bonds. The molecule has 4 nitrogen and oxygen atoms in total. The van der Waals surface area contributed by atoms with Crippen molar-refractivity contribution in [1.29, 1.82) is 0 Å². The second-order valence-corrected chi connectivity index (χ2v) is 8.05. The van der Waals surface area contributed by atoms with Crippen LogP contribution in [0.15, 0.2) is 60.0 Å². The Morgan fingerprint density at radius 1 is 0.964 bits per heavy atom. The van der Waals surface area contributed by atoms with Gasteiger partial charge < -0.3 is 9.80 Å². The molecule has 2 aromatic carbocycles. The summed E-state index contributed by atoms with van der Waals surface area (Å²) >= 11 is 13.5. The topological polar surface area (TPSA) is 40.6 Å². The van der Waals surface area contributed by atoms with E-state index in [4.69, 9.17) is 23.2 Å². The van der Waals surface area contributed by atoms with E-state index in [1.54, 1.807) is 67.5 Å². The van der Waals surface area contributed by atoms with Gasteiger partial charge in [-0.1, -0.05) is 47.5 Å². The van der Waals surface area contributed by atoms with Gasteiger partial charge in [0.2, 0.25) is 0 Å². The third-order valence-electron chi connectivity index (χ3n) is 4.30. The van der Waals surface area contributed by atoms with E-state index in [9.17, 15) is 9.59 Å². The maximum absolute atomic E-state index is 13.1. The van der Waals surface area contributed by atoms with E-state index in [2.05, 4.69) is 0 Å². The number of halogens is 2. The maximum atomic E-state index is 13.1. The number of rotatable bonds is 5. The zero-order valence-corrected chi connectivity index (χ0v) is 17.7. The van der Waals surface area contributed by atoms with Crippen molar-refractivity contribution in [2.45, 2.75) is 6.54 Å². The van der Waals surface area contributed by atoms with Crippen LogP contribution in [0, 0.1) is 0 Å². The molecular formula is C21H18Cl2N2O2S. The zero-order chi connectivity index (χ0) is 20.3. The third kappa shape index (κ3) is 4.38. The fourth-order valence-electron chi connectivity index (χ4n) is 2.80. The number of benzene rings is 2. The lowest BCUT2D eigenvalue weighted by Gasteiger charge is -2.23. The average molecular weight is 433 g/mol. The molecule has 3 aromatic rings. The molecule has 3 rings (SSSR count). The highest BCUT2D eigenvalue weighted by Gasteiger charge is 2.22. The van der Waals surface area contributed by atoms with Crippen molar-refractivity contribution in [2.24, 2.45) is 0 Å². The minimum Gasteiger partial charge on any atom is -0.337 e. The fourth-order valence-corrected chi connectivity index (χ4v) is 3.97. The van der Waals surface area contributed by atoms with Crippen molar-refractivity contribution in [3.05, 3.63) is 86.0 Å². The van der Waals surface area contributed by atoms with E-state index < -0.39 is 0 Å². The third-order valence-corrected chi connectivity index (χ3v) is 5.75. The minimum atomic E-state index is -0.201. The first-order chi connectivity index (χ1) is 13.4. The molecule has 0 bridgehead atoms. The molecule has 0 spiro atoms. The summed E-state index contributed by atoms with van der Waals surface area (Å²) in [6.07, 6.45) is 0. The van der Waals surface area contributed by atoms with Crippen LogP contribution in [-0.2, 0) is 6.54 Å². The van der Waals surface area contributed by atoms with Crippen LogP contribution in [0.2, 0.25) is 10.0 Å². The van der Waals surface area contributed by atoms with Gasteiger partial charge in [-0.15, -0.1) is 11.3 Å². The first-order valence-electron chi connectivity index (χ1n) is 8.48. The SMILES string of the molecule is CN(Cc1ccc(Cl)cc1Cl)C(=O)c1ccccc1N(C)C(=O)c1cccs1. The minimum absolute atomic E-state index is 0.154. The maximum Gasteiger partial charge on any atom is 0.268 e. The number of para-hydroxylation sites is 1. The Morgan fingerprint density at radius 3 is 2.39 bits per heavy atom. The summed E-state index contributed by atoms with van der Waals surface area (Å²) in [5.74, 6) is -0.355. The van der Waals surface area contributed by atoms with Gasteiger partial charge in [-0.05, 0) is 41.3 Å². The summed E-state index contributed by atoms with van der Waals surface area (Å²) in [7, 11) is 3.37. The van der Waals surface area contributed by atoms with Gasteiger partial charge in [0.1, 0.15) is 0 Å². The molecule has 0 saturated heterocycles. The normalized spacial score (nSPS) is 10.6. The number of carbonyl (C=O) groups excluding carboxylic acids is 2. The molecule has 0 aliphatic carbocycles. The lowest BCUT2D eigenvalue weighted by Crippen LogP contribution is -2.31. The largest absolute Gasteiger partial charge is 0.337 e. The molecule has 0 unspecified atom stereocenters. The highest BCUT2D eigenvalue weighted by Crippen LogP contribution is 2.26. The van der Waals surface area contributed by atoms with Crippen LogP contribution in [0.5, 0.6) is 0 Å². The van der Waals surface area contributed by atoms with Crippen molar-refractivity contribution in [2.75, 3.05) is 19.0 Å². The molecule has 144 valence electrons. The number of hydrogen-bond acceptors (Lipinski definition) is 3. The number of amides is 2. The van der Waals surface area contributed by atoms with Crippen LogP contribution in [-0.4, -0.2) is 30.8 Å². The molecule has 0 atom stereocenters. The monoisotopic (exact) mass is 432 g/mol. The zero-order valence-electron chi connectivity index (χ0n) is 15.4. The molecule has 0 saturated carbocycles. The Labute approximate surface area is 177 Å². The lowest BCUT2D eigenvalue weighted by atomic mass is 10.1. The molecule has 0 aliphatic rings. The molecule has 7 heteroatoms. The van der Waals surface area contributed by atoms with Crippen LogP contribution in [0.4, 0.5) is 5.69 Å². The van der Waals surface area contributed by atoms with E-state index in [1.807, 2.05) is 11.4 Å². The molecule has 1 aromatic heterocycles. The van der Waals surface area contributed by atoms with Crippen LogP contribution < -0.4 is 4.90 Å². The molecule has 0 aliphatic heterocycles. The Morgan fingerprint density at radius 2 is 1.71 bits per heavy atom. The molecule has 28 heavy (non-hydrogen) atoms. The van der Waals surface area contributed by atoms with Gasteiger partial charge >= 0.3 is 0 Å². The molecule has 0 radical (unpaired) electrons. The first kappa shape index (κ1) is 20.4. The average Bonchev–Trinajstić information content (AvgIpc) is 3.23. The quantitative estimate of drug-likeness (QED) is 0.525. The lowest BCUT2D eigenvalue weighted by molar-refractivity contribution is 0.0786. The van der Waals surface area contributed by atoms with Gasteiger partial charge in [-0.25, -0.2) is 0 Å². The van der Waals surface area contributed by atoms with Crippen molar-refractivity contribution in [3.63, 3.8) is 0 Å². The van der Waals surface area contributed by atoms with Crippen molar-refractivity contribution in [1.82, 2.24) is 4.90 Å². The second kappa shape index (κ2) is 8.78. The summed E-state index contributed by atoms with van der Waals surface area (Å²) in [5, 5.41) is 2.90. The predicted octanol–water partition coefficient (Wildman–Crippen LogP) is 5.60. The van der Waals surface area contributed by atoms with Crippen LogP contribution in [0.3, 0.4) is 0 Å². The summed E-state index contributed by atoms with van der Waals surface area (Å²) in [4.78, 5) is 29.5. The molecule has 1 heterocycles. The highest BCUT2D eigenvalue weighted by molar-refractivity contribution is 7.12. The van der Waals surface area contributed by atoms with Gasteiger partial charge in [0, 0.05) is 30.7 Å². The number of carbonyl (C=O) groups is 2. The number of anilines is 1. The van der Waals surface area contributed by atoms with Crippen LogP contribution in [0.1, 0.15) is 25.6 Å². The second-order valence-electron chi connectivity index (χ2n) is 6.26. The van der Waals surface area contributed by atoms with Gasteiger partial charge in [0.05, 0.1) is 16.1 Å². The highest BCUT2D eigenvalue weighted by atomic mass is 35.5. The van der Waals surface area contributed by atoms with Crippen LogP contribution in [0.25, 0.3) is 0 Å². The van der Waals surface area contributed by atoms with Crippen molar-refractivity contribution >= 4 is 52.0 Å². The van der Waals surface area contributed by atoms with E-state index in [0.29, 0.717) is 32.7 Å². The predicted molar refractivity (Wildman–Crippen MR) is 116 cm³/mol. The molecular weight excluding hydrogens is 415 g/mol. The molecule has 0 N–H and O–H groups in total. The smallest absolute Gasteiger partial charge is 0.268 e. The summed E-state index contributed by atoms with van der Waals surface area (Å²) in [5.41, 5.74) is 1.80.